The van der Waals surface area contributed by atoms with Gasteiger partial charge in [0.05, 0.1) is 11.6 Å². The number of likely N-dealkylation sites (tertiary alicyclic amines) is 1. The zero-order chi connectivity index (χ0) is 16.7. The molecule has 2 aliphatic rings. The van der Waals surface area contributed by atoms with Gasteiger partial charge in [0.25, 0.3) is 0 Å². The number of carbonyl (C=O) groups is 1. The average molecular weight is 327 g/mol. The van der Waals surface area contributed by atoms with Crippen LogP contribution < -0.4 is 10.7 Å². The molecular formula is C18H21N3O3. The molecule has 2 aliphatic heterocycles. The van der Waals surface area contributed by atoms with E-state index in [-0.39, 0.29) is 11.5 Å². The lowest BCUT2D eigenvalue weighted by molar-refractivity contribution is 0.200. The van der Waals surface area contributed by atoms with Crippen LogP contribution in [0.15, 0.2) is 39.7 Å². The number of rotatable bonds is 1. The first kappa shape index (κ1) is 15.2. The molecule has 3 heterocycles. The predicted molar refractivity (Wildman–Crippen MR) is 92.3 cm³/mol. The molecule has 2 saturated heterocycles. The molecule has 0 aliphatic carbocycles. The Bertz CT molecular complexity index is 832. The minimum Gasteiger partial charge on any atom is -0.464 e. The molecule has 2 fully saturated rings. The lowest BCUT2D eigenvalue weighted by atomic mass is 10.1. The SMILES string of the molecule is CN1[C@H]2CC[C@@H]1CN(C(=O)Nc1ccc3occc(=O)c3c1)CC2. The fourth-order valence-electron chi connectivity index (χ4n) is 3.86. The number of urea groups is 1. The Morgan fingerprint density at radius 1 is 1.21 bits per heavy atom. The van der Waals surface area contributed by atoms with Crippen LogP contribution in [0.4, 0.5) is 10.5 Å². The quantitative estimate of drug-likeness (QED) is 0.874. The van der Waals surface area contributed by atoms with E-state index in [0.717, 1.165) is 25.9 Å². The third-order valence-electron chi connectivity index (χ3n) is 5.35. The van der Waals surface area contributed by atoms with Gasteiger partial charge in [-0.05, 0) is 44.5 Å². The van der Waals surface area contributed by atoms with Gasteiger partial charge >= 0.3 is 6.03 Å². The normalized spacial score (nSPS) is 24.1. The summed E-state index contributed by atoms with van der Waals surface area (Å²) in [6.07, 6.45) is 4.78. The number of nitrogens with zero attached hydrogens (tertiary/aromatic N) is 2. The van der Waals surface area contributed by atoms with E-state index in [1.165, 1.54) is 18.8 Å². The maximum absolute atomic E-state index is 12.6. The topological polar surface area (TPSA) is 65.8 Å². The minimum absolute atomic E-state index is 0.101. The summed E-state index contributed by atoms with van der Waals surface area (Å²) in [4.78, 5) is 28.8. The maximum atomic E-state index is 12.6. The molecular weight excluding hydrogens is 306 g/mol. The van der Waals surface area contributed by atoms with Crippen molar-refractivity contribution in [2.24, 2.45) is 0 Å². The number of hydrogen-bond acceptors (Lipinski definition) is 4. The second kappa shape index (κ2) is 5.94. The maximum Gasteiger partial charge on any atom is 0.321 e. The van der Waals surface area contributed by atoms with Crippen LogP contribution in [-0.4, -0.2) is 48.1 Å². The Morgan fingerprint density at radius 2 is 2.04 bits per heavy atom. The highest BCUT2D eigenvalue weighted by Crippen LogP contribution is 2.28. The zero-order valence-corrected chi connectivity index (χ0v) is 13.7. The zero-order valence-electron chi connectivity index (χ0n) is 13.7. The molecule has 0 unspecified atom stereocenters. The molecule has 0 saturated carbocycles. The van der Waals surface area contributed by atoms with Gasteiger partial charge in [0.2, 0.25) is 0 Å². The van der Waals surface area contributed by atoms with Crippen molar-refractivity contribution in [2.45, 2.75) is 31.3 Å². The van der Waals surface area contributed by atoms with Crippen molar-refractivity contribution in [1.29, 1.82) is 0 Å². The van der Waals surface area contributed by atoms with Crippen molar-refractivity contribution in [3.05, 3.63) is 40.8 Å². The molecule has 2 bridgehead atoms. The third kappa shape index (κ3) is 2.67. The summed E-state index contributed by atoms with van der Waals surface area (Å²) in [5, 5.41) is 3.40. The second-order valence-corrected chi connectivity index (χ2v) is 6.71. The van der Waals surface area contributed by atoms with Crippen LogP contribution in [0, 0.1) is 0 Å². The molecule has 4 rings (SSSR count). The lowest BCUT2D eigenvalue weighted by Crippen LogP contribution is -2.41. The van der Waals surface area contributed by atoms with Gasteiger partial charge in [-0.15, -0.1) is 0 Å². The average Bonchev–Trinajstić information content (AvgIpc) is 2.80. The first-order valence-corrected chi connectivity index (χ1v) is 8.41. The minimum atomic E-state index is -0.110. The number of benzene rings is 1. The highest BCUT2D eigenvalue weighted by atomic mass is 16.3. The molecule has 2 aromatic rings. The Balaban J connectivity index is 1.52. The smallest absolute Gasteiger partial charge is 0.321 e. The van der Waals surface area contributed by atoms with Crippen LogP contribution in [-0.2, 0) is 0 Å². The van der Waals surface area contributed by atoms with E-state index in [0.29, 0.717) is 28.7 Å². The van der Waals surface area contributed by atoms with Crippen LogP contribution in [0.3, 0.4) is 0 Å². The van der Waals surface area contributed by atoms with Gasteiger partial charge in [-0.2, -0.15) is 0 Å². The molecule has 2 atom stereocenters. The Hall–Kier alpha value is -2.34. The molecule has 1 N–H and O–H groups in total. The summed E-state index contributed by atoms with van der Waals surface area (Å²) in [7, 11) is 2.16. The largest absolute Gasteiger partial charge is 0.464 e. The van der Waals surface area contributed by atoms with Crippen molar-refractivity contribution in [1.82, 2.24) is 9.80 Å². The van der Waals surface area contributed by atoms with E-state index in [1.54, 1.807) is 18.2 Å². The highest BCUT2D eigenvalue weighted by molar-refractivity contribution is 5.92. The van der Waals surface area contributed by atoms with E-state index < -0.39 is 0 Å². The molecule has 1 aromatic carbocycles. The highest BCUT2D eigenvalue weighted by Gasteiger charge is 2.35. The number of anilines is 1. The first-order valence-electron chi connectivity index (χ1n) is 8.41. The molecule has 0 radical (unpaired) electrons. The van der Waals surface area contributed by atoms with Gasteiger partial charge in [-0.1, -0.05) is 0 Å². The number of carbonyl (C=O) groups excluding carboxylic acids is 1. The van der Waals surface area contributed by atoms with E-state index in [4.69, 9.17) is 4.42 Å². The van der Waals surface area contributed by atoms with Gasteiger partial charge in [0.1, 0.15) is 5.58 Å². The Labute approximate surface area is 140 Å². The van der Waals surface area contributed by atoms with Gasteiger partial charge in [0.15, 0.2) is 5.43 Å². The van der Waals surface area contributed by atoms with Crippen LogP contribution in [0.5, 0.6) is 0 Å². The van der Waals surface area contributed by atoms with Crippen LogP contribution in [0.1, 0.15) is 19.3 Å². The molecule has 1 aromatic heterocycles. The molecule has 24 heavy (non-hydrogen) atoms. The molecule has 6 heteroatoms. The molecule has 2 amide bonds. The summed E-state index contributed by atoms with van der Waals surface area (Å²) < 4.78 is 5.30. The number of likely N-dealkylation sites (N-methyl/N-ethyl adjacent to an activating group) is 1. The molecule has 6 nitrogen and oxygen atoms in total. The van der Waals surface area contributed by atoms with E-state index in [2.05, 4.69) is 17.3 Å². The van der Waals surface area contributed by atoms with Crippen molar-refractivity contribution in [2.75, 3.05) is 25.5 Å². The summed E-state index contributed by atoms with van der Waals surface area (Å²) in [6, 6.07) is 7.48. The van der Waals surface area contributed by atoms with E-state index in [1.807, 2.05) is 4.90 Å². The lowest BCUT2D eigenvalue weighted by Gasteiger charge is -2.26. The standard InChI is InChI=1S/C18H21N3O3/c1-20-13-3-4-14(20)11-21(8-6-13)18(23)19-12-2-5-17-15(10-12)16(22)7-9-24-17/h2,5,7,9-10,13-14H,3-4,6,8,11H2,1H3,(H,19,23)/t13-,14+/m0/s1. The Kier molecular flexibility index (Phi) is 3.76. The Morgan fingerprint density at radius 3 is 2.92 bits per heavy atom. The number of nitrogens with one attached hydrogen (secondary N) is 1. The molecule has 0 spiro atoms. The van der Waals surface area contributed by atoms with Gasteiger partial charge in [-0.3, -0.25) is 9.69 Å². The molecule has 126 valence electrons. The van der Waals surface area contributed by atoms with Crippen molar-refractivity contribution < 1.29 is 9.21 Å². The van der Waals surface area contributed by atoms with Crippen LogP contribution in [0.25, 0.3) is 11.0 Å². The van der Waals surface area contributed by atoms with E-state index in [9.17, 15) is 9.59 Å². The van der Waals surface area contributed by atoms with Crippen molar-refractivity contribution >= 4 is 22.7 Å². The first-order chi connectivity index (χ1) is 11.6. The fourth-order valence-corrected chi connectivity index (χ4v) is 3.86. The monoisotopic (exact) mass is 327 g/mol. The van der Waals surface area contributed by atoms with Gasteiger partial charge in [0, 0.05) is 36.9 Å². The summed E-state index contributed by atoms with van der Waals surface area (Å²) in [5.74, 6) is 0. The predicted octanol–water partition coefficient (Wildman–Crippen LogP) is 2.49. The van der Waals surface area contributed by atoms with Crippen molar-refractivity contribution in [3.8, 4) is 0 Å². The van der Waals surface area contributed by atoms with E-state index >= 15 is 0 Å². The fraction of sp³-hybridized carbons (Fsp3) is 0.444. The van der Waals surface area contributed by atoms with Gasteiger partial charge in [-0.25, -0.2) is 4.79 Å². The summed E-state index contributed by atoms with van der Waals surface area (Å²) in [6.45, 7) is 1.53. The second-order valence-electron chi connectivity index (χ2n) is 6.71. The summed E-state index contributed by atoms with van der Waals surface area (Å²) in [5.41, 5.74) is 1.03. The van der Waals surface area contributed by atoms with Crippen LogP contribution in [0.2, 0.25) is 0 Å². The van der Waals surface area contributed by atoms with Crippen LogP contribution >= 0.6 is 0 Å². The summed E-state index contributed by atoms with van der Waals surface area (Å²) >= 11 is 0. The number of hydrogen-bond donors (Lipinski definition) is 1. The number of amides is 2. The van der Waals surface area contributed by atoms with Gasteiger partial charge < -0.3 is 14.6 Å². The van der Waals surface area contributed by atoms with Crippen molar-refractivity contribution in [3.63, 3.8) is 0 Å². The third-order valence-corrected chi connectivity index (χ3v) is 5.35. The number of fused-ring (bicyclic) bond motifs is 3.